The second-order valence-corrected chi connectivity index (χ2v) is 12.8. The number of carboxylic acids is 1. The molecule has 2 aromatic rings. The smallest absolute Gasteiger partial charge is 0.408 e. The van der Waals surface area contributed by atoms with Crippen LogP contribution in [0.2, 0.25) is 0 Å². The number of hydrogen-bond donors (Lipinski definition) is 4. The highest BCUT2D eigenvalue weighted by molar-refractivity contribution is 5.86. The van der Waals surface area contributed by atoms with Crippen molar-refractivity contribution in [3.8, 4) is 11.1 Å². The van der Waals surface area contributed by atoms with Gasteiger partial charge < -0.3 is 35.3 Å². The number of carbonyl (C=O) groups excluding carboxylic acids is 3. The van der Waals surface area contributed by atoms with Crippen molar-refractivity contribution in [2.24, 2.45) is 0 Å². The Balaban J connectivity index is 1.45. The van der Waals surface area contributed by atoms with E-state index in [1.165, 1.54) is 0 Å². The van der Waals surface area contributed by atoms with Crippen LogP contribution in [0.1, 0.15) is 77.8 Å². The lowest BCUT2D eigenvalue weighted by Crippen LogP contribution is -2.51. The molecule has 2 aromatic carbocycles. The van der Waals surface area contributed by atoms with Gasteiger partial charge in [0.05, 0.1) is 12.2 Å². The lowest BCUT2D eigenvalue weighted by molar-refractivity contribution is -0.139. The second kappa shape index (κ2) is 15.1. The monoisotopic (exact) mass is 611 g/mol. The molecule has 0 saturated carbocycles. The SMILES string of the molecule is CC(C)(C)OCC(NC(=O)OC(C)(C)C)C(=O)NCCCCC(NC(=O)OCC1c2ccccc2-c2ccccc21)C(=O)O. The number of carboxylic acid groups (broad SMARTS) is 1. The topological polar surface area (TPSA) is 152 Å². The standard InChI is InChI=1S/C33H45N3O8/c1-32(2,3)43-20-27(36-31(41)44-33(4,5)6)28(37)34-18-12-11-17-26(29(38)39)35-30(40)42-19-25-23-15-9-7-13-21(23)22-14-8-10-16-24(22)25/h7-10,13-16,25-27H,11-12,17-20H2,1-6H3,(H,34,37)(H,35,40)(H,36,41)(H,38,39). The number of rotatable bonds is 13. The van der Waals surface area contributed by atoms with Crippen molar-refractivity contribution in [2.45, 2.75) is 90.0 Å². The summed E-state index contributed by atoms with van der Waals surface area (Å²) < 4.78 is 16.5. The molecule has 0 aromatic heterocycles. The third kappa shape index (κ3) is 10.6. The van der Waals surface area contributed by atoms with Crippen LogP contribution in [0.3, 0.4) is 0 Å². The normalized spacial score (nSPS) is 14.0. The molecule has 0 bridgehead atoms. The van der Waals surface area contributed by atoms with E-state index in [1.807, 2.05) is 69.3 Å². The van der Waals surface area contributed by atoms with Crippen molar-refractivity contribution in [3.63, 3.8) is 0 Å². The third-order valence-electron chi connectivity index (χ3n) is 6.84. The Labute approximate surface area is 259 Å². The Morgan fingerprint density at radius 2 is 1.36 bits per heavy atom. The Morgan fingerprint density at radius 3 is 1.91 bits per heavy atom. The number of amides is 3. The molecule has 0 radical (unpaired) electrons. The minimum atomic E-state index is -1.18. The van der Waals surface area contributed by atoms with Gasteiger partial charge in [-0.15, -0.1) is 0 Å². The first-order valence-corrected chi connectivity index (χ1v) is 14.9. The van der Waals surface area contributed by atoms with Crippen LogP contribution in [0.4, 0.5) is 9.59 Å². The molecule has 0 saturated heterocycles. The number of nitrogens with one attached hydrogen (secondary N) is 3. The Kier molecular flexibility index (Phi) is 11.8. The molecule has 3 rings (SSSR count). The van der Waals surface area contributed by atoms with E-state index in [0.717, 1.165) is 22.3 Å². The lowest BCUT2D eigenvalue weighted by atomic mass is 9.98. The predicted molar refractivity (Wildman–Crippen MR) is 165 cm³/mol. The third-order valence-corrected chi connectivity index (χ3v) is 6.84. The lowest BCUT2D eigenvalue weighted by Gasteiger charge is -2.26. The minimum absolute atomic E-state index is 0.0558. The number of fused-ring (bicyclic) bond motifs is 3. The average molecular weight is 612 g/mol. The minimum Gasteiger partial charge on any atom is -0.480 e. The molecule has 11 nitrogen and oxygen atoms in total. The summed E-state index contributed by atoms with van der Waals surface area (Å²) in [6, 6.07) is 13.8. The maximum absolute atomic E-state index is 12.8. The molecular formula is C33H45N3O8. The molecule has 1 aliphatic rings. The fourth-order valence-electron chi connectivity index (χ4n) is 4.81. The molecule has 4 N–H and O–H groups in total. The van der Waals surface area contributed by atoms with Gasteiger partial charge in [0.25, 0.3) is 0 Å². The number of benzene rings is 2. The number of ether oxygens (including phenoxy) is 3. The van der Waals surface area contributed by atoms with Crippen LogP contribution in [-0.2, 0) is 23.8 Å². The Bertz CT molecular complexity index is 1270. The molecule has 1 aliphatic carbocycles. The first-order chi connectivity index (χ1) is 20.6. The van der Waals surface area contributed by atoms with Crippen LogP contribution in [0, 0.1) is 0 Å². The van der Waals surface area contributed by atoms with Crippen molar-refractivity contribution in [1.29, 1.82) is 0 Å². The van der Waals surface area contributed by atoms with Crippen LogP contribution < -0.4 is 16.0 Å². The molecule has 2 unspecified atom stereocenters. The number of hydrogen-bond acceptors (Lipinski definition) is 7. The average Bonchev–Trinajstić information content (AvgIpc) is 3.25. The first kappa shape index (κ1) is 34.4. The quantitative estimate of drug-likeness (QED) is 0.232. The zero-order chi connectivity index (χ0) is 32.5. The van der Waals surface area contributed by atoms with Crippen molar-refractivity contribution >= 4 is 24.1 Å². The van der Waals surface area contributed by atoms with Gasteiger partial charge in [0.1, 0.15) is 24.3 Å². The molecule has 0 heterocycles. The van der Waals surface area contributed by atoms with Gasteiger partial charge in [0.2, 0.25) is 5.91 Å². The van der Waals surface area contributed by atoms with Crippen LogP contribution >= 0.6 is 0 Å². The van der Waals surface area contributed by atoms with Crippen LogP contribution in [-0.4, -0.2) is 72.2 Å². The summed E-state index contributed by atoms with van der Waals surface area (Å²) in [4.78, 5) is 49.5. The van der Waals surface area contributed by atoms with Gasteiger partial charge in [0, 0.05) is 12.5 Å². The highest BCUT2D eigenvalue weighted by Gasteiger charge is 2.30. The van der Waals surface area contributed by atoms with E-state index < -0.39 is 47.3 Å². The van der Waals surface area contributed by atoms with E-state index in [0.29, 0.717) is 12.8 Å². The van der Waals surface area contributed by atoms with Gasteiger partial charge in [-0.2, -0.15) is 0 Å². The number of unbranched alkanes of at least 4 members (excludes halogenated alkanes) is 1. The predicted octanol–water partition coefficient (Wildman–Crippen LogP) is 4.97. The summed E-state index contributed by atoms with van der Waals surface area (Å²) in [5.74, 6) is -1.77. The van der Waals surface area contributed by atoms with Gasteiger partial charge in [-0.05, 0) is 83.1 Å². The van der Waals surface area contributed by atoms with Gasteiger partial charge in [-0.25, -0.2) is 14.4 Å². The van der Waals surface area contributed by atoms with E-state index in [2.05, 4.69) is 16.0 Å². The first-order valence-electron chi connectivity index (χ1n) is 14.9. The van der Waals surface area contributed by atoms with Gasteiger partial charge in [-0.3, -0.25) is 4.79 Å². The molecule has 0 aliphatic heterocycles. The summed E-state index contributed by atoms with van der Waals surface area (Å²) in [7, 11) is 0. The highest BCUT2D eigenvalue weighted by atomic mass is 16.6. The Morgan fingerprint density at radius 1 is 0.795 bits per heavy atom. The molecular weight excluding hydrogens is 566 g/mol. The molecule has 11 heteroatoms. The van der Waals surface area contributed by atoms with Crippen LogP contribution in [0.5, 0.6) is 0 Å². The van der Waals surface area contributed by atoms with Crippen LogP contribution in [0.15, 0.2) is 48.5 Å². The molecule has 240 valence electrons. The largest absolute Gasteiger partial charge is 0.480 e. The fourth-order valence-corrected chi connectivity index (χ4v) is 4.81. The number of aliphatic carboxylic acids is 1. The van der Waals surface area contributed by atoms with E-state index in [4.69, 9.17) is 14.2 Å². The van der Waals surface area contributed by atoms with Gasteiger partial charge in [-0.1, -0.05) is 48.5 Å². The number of carbonyl (C=O) groups is 4. The summed E-state index contributed by atoms with van der Waals surface area (Å²) in [6.07, 6.45) is -0.548. The van der Waals surface area contributed by atoms with Crippen molar-refractivity contribution < 1.29 is 38.5 Å². The summed E-state index contributed by atoms with van der Waals surface area (Å²) in [5.41, 5.74) is 3.06. The van der Waals surface area contributed by atoms with Crippen LogP contribution in [0.25, 0.3) is 11.1 Å². The van der Waals surface area contributed by atoms with Gasteiger partial charge >= 0.3 is 18.2 Å². The van der Waals surface area contributed by atoms with Gasteiger partial charge in [0.15, 0.2) is 0 Å². The van der Waals surface area contributed by atoms with E-state index >= 15 is 0 Å². The molecule has 0 spiro atoms. The zero-order valence-corrected chi connectivity index (χ0v) is 26.4. The fraction of sp³-hybridized carbons (Fsp3) is 0.515. The maximum atomic E-state index is 12.8. The highest BCUT2D eigenvalue weighted by Crippen LogP contribution is 2.44. The maximum Gasteiger partial charge on any atom is 0.408 e. The summed E-state index contributed by atoms with van der Waals surface area (Å²) in [5, 5.41) is 17.4. The zero-order valence-electron chi connectivity index (χ0n) is 26.4. The van der Waals surface area contributed by atoms with Crippen molar-refractivity contribution in [1.82, 2.24) is 16.0 Å². The summed E-state index contributed by atoms with van der Waals surface area (Å²) >= 11 is 0. The second-order valence-electron chi connectivity index (χ2n) is 12.8. The van der Waals surface area contributed by atoms with Crippen molar-refractivity contribution in [3.05, 3.63) is 59.7 Å². The van der Waals surface area contributed by atoms with E-state index in [9.17, 15) is 24.3 Å². The Hall–Kier alpha value is -4.12. The summed E-state index contributed by atoms with van der Waals surface area (Å²) in [6.45, 7) is 10.9. The molecule has 2 atom stereocenters. The molecule has 0 fully saturated rings. The molecule has 3 amide bonds. The van der Waals surface area contributed by atoms with E-state index in [1.54, 1.807) is 20.8 Å². The molecule has 44 heavy (non-hydrogen) atoms. The van der Waals surface area contributed by atoms with E-state index in [-0.39, 0.29) is 32.1 Å². The number of alkyl carbamates (subject to hydrolysis) is 2. The van der Waals surface area contributed by atoms with Crippen molar-refractivity contribution in [2.75, 3.05) is 19.8 Å².